The van der Waals surface area contributed by atoms with Gasteiger partial charge in [-0.2, -0.15) is 5.26 Å². The maximum Gasteiger partial charge on any atom is 0.200 e. The Morgan fingerprint density at radius 1 is 1.08 bits per heavy atom. The Kier molecular flexibility index (Phi) is 5.80. The van der Waals surface area contributed by atoms with E-state index in [2.05, 4.69) is 11.1 Å². The summed E-state index contributed by atoms with van der Waals surface area (Å²) in [6.07, 6.45) is 0. The minimum Gasteiger partial charge on any atom is -0.457 e. The smallest absolute Gasteiger partial charge is 0.200 e. The molecular weight excluding hydrogens is 314 g/mol. The normalized spacial score (nSPS) is 12.2. The summed E-state index contributed by atoms with van der Waals surface area (Å²) in [5, 5.41) is 16.2. The summed E-state index contributed by atoms with van der Waals surface area (Å²) >= 11 is 0. The van der Waals surface area contributed by atoms with Crippen molar-refractivity contribution >= 4 is 17.2 Å². The molecule has 1 N–H and O–H groups in total. The van der Waals surface area contributed by atoms with E-state index >= 15 is 0 Å². The number of nitrogens with zero attached hydrogens (tertiary/aromatic N) is 2. The molecule has 0 radical (unpaired) electrons. The lowest BCUT2D eigenvalue weighted by atomic mass is 10.1. The van der Waals surface area contributed by atoms with Gasteiger partial charge in [-0.15, -0.1) is 0 Å². The third kappa shape index (κ3) is 4.85. The van der Waals surface area contributed by atoms with Crippen LogP contribution in [0, 0.1) is 16.7 Å². The molecule has 5 nitrogen and oxygen atoms in total. The Bertz CT molecular complexity index is 844. The fourth-order valence-electron chi connectivity index (χ4n) is 2.23. The maximum atomic E-state index is 11.7. The number of nitrogens with one attached hydrogen (secondary N) is 1. The number of hydrogen-bond donors (Lipinski definition) is 1. The van der Waals surface area contributed by atoms with Crippen molar-refractivity contribution in [3.63, 3.8) is 0 Å². The molecule has 2 aromatic rings. The van der Waals surface area contributed by atoms with Gasteiger partial charge in [0.2, 0.25) is 0 Å². The van der Waals surface area contributed by atoms with Gasteiger partial charge in [0.15, 0.2) is 5.78 Å². The molecule has 25 heavy (non-hydrogen) atoms. The van der Waals surface area contributed by atoms with Gasteiger partial charge in [0.25, 0.3) is 0 Å². The lowest BCUT2D eigenvalue weighted by molar-refractivity contribution is -0.113. The maximum absolute atomic E-state index is 11.7. The number of nitriles is 1. The highest BCUT2D eigenvalue weighted by Gasteiger charge is 2.14. The van der Waals surface area contributed by atoms with E-state index in [-0.39, 0.29) is 11.5 Å². The number of hydrogen-bond acceptors (Lipinski definition) is 5. The average Bonchev–Trinajstić information content (AvgIpc) is 2.62. The Hall–Kier alpha value is -3.26. The lowest BCUT2D eigenvalue weighted by Crippen LogP contribution is -2.22. The summed E-state index contributed by atoms with van der Waals surface area (Å²) in [4.78, 5) is 16.1. The molecule has 0 heterocycles. The predicted molar refractivity (Wildman–Crippen MR) is 97.8 cm³/mol. The largest absolute Gasteiger partial charge is 0.457 e. The molecule has 0 bridgehead atoms. The predicted octanol–water partition coefficient (Wildman–Crippen LogP) is 4.16. The van der Waals surface area contributed by atoms with Crippen LogP contribution in [0.4, 0.5) is 0 Å². The summed E-state index contributed by atoms with van der Waals surface area (Å²) in [5.41, 5.74) is 2.20. The van der Waals surface area contributed by atoms with Crippen LogP contribution in [0.3, 0.4) is 0 Å². The first-order chi connectivity index (χ1) is 11.9. The van der Waals surface area contributed by atoms with E-state index < -0.39 is 6.04 Å². The number of benzene rings is 2. The van der Waals surface area contributed by atoms with E-state index in [4.69, 9.17) is 15.4 Å². The van der Waals surface area contributed by atoms with Crippen LogP contribution in [0.15, 0.2) is 53.5 Å². The molecule has 0 saturated carbocycles. The van der Waals surface area contributed by atoms with Crippen LogP contribution < -0.4 is 4.74 Å². The van der Waals surface area contributed by atoms with Crippen molar-refractivity contribution in [3.05, 3.63) is 59.7 Å². The highest BCUT2D eigenvalue weighted by Crippen LogP contribution is 2.22. The summed E-state index contributed by atoms with van der Waals surface area (Å²) in [7, 11) is 0. The molecule has 0 spiro atoms. The standard InChI is InChI=1S/C20H19N3O2/c1-13(22)20(24)15(3)23-14(2)17-6-10-19(11-7-17)25-18-8-4-16(12-21)5-9-18/h4-11,15,22H,1-3H3. The molecule has 5 heteroatoms. The van der Waals surface area contributed by atoms with Crippen molar-refractivity contribution in [2.24, 2.45) is 4.99 Å². The minimum absolute atomic E-state index is 0.00946. The number of carbonyl (C=O) groups excluding carboxylic acids is 1. The first kappa shape index (κ1) is 18.1. The van der Waals surface area contributed by atoms with Crippen LogP contribution in [-0.2, 0) is 4.79 Å². The summed E-state index contributed by atoms with van der Waals surface area (Å²) in [5.74, 6) is 1.04. The van der Waals surface area contributed by atoms with E-state index in [1.54, 1.807) is 31.2 Å². The van der Waals surface area contributed by atoms with Gasteiger partial charge in [0, 0.05) is 5.71 Å². The van der Waals surface area contributed by atoms with Crippen molar-refractivity contribution in [2.45, 2.75) is 26.8 Å². The third-order valence-corrected chi connectivity index (χ3v) is 3.63. The molecule has 0 saturated heterocycles. The van der Waals surface area contributed by atoms with Gasteiger partial charge >= 0.3 is 0 Å². The molecule has 0 aromatic heterocycles. The van der Waals surface area contributed by atoms with E-state index in [0.29, 0.717) is 17.1 Å². The van der Waals surface area contributed by atoms with Crippen LogP contribution in [0.5, 0.6) is 11.5 Å². The molecule has 0 amide bonds. The second kappa shape index (κ2) is 8.02. The molecule has 126 valence electrons. The number of ether oxygens (including phenoxy) is 1. The molecule has 0 aliphatic carbocycles. The van der Waals surface area contributed by atoms with Crippen molar-refractivity contribution in [1.82, 2.24) is 0 Å². The Morgan fingerprint density at radius 3 is 2.08 bits per heavy atom. The highest BCUT2D eigenvalue weighted by atomic mass is 16.5. The fraction of sp³-hybridized carbons (Fsp3) is 0.200. The third-order valence-electron chi connectivity index (χ3n) is 3.63. The quantitative estimate of drug-likeness (QED) is 0.805. The minimum atomic E-state index is -0.563. The Morgan fingerprint density at radius 2 is 1.60 bits per heavy atom. The monoisotopic (exact) mass is 333 g/mol. The van der Waals surface area contributed by atoms with E-state index in [0.717, 1.165) is 11.3 Å². The molecule has 1 atom stereocenters. The van der Waals surface area contributed by atoms with Gasteiger partial charge < -0.3 is 10.1 Å². The fourth-order valence-corrected chi connectivity index (χ4v) is 2.23. The number of ketones is 1. The lowest BCUT2D eigenvalue weighted by Gasteiger charge is -2.09. The van der Waals surface area contributed by atoms with Crippen molar-refractivity contribution in [3.8, 4) is 17.6 Å². The topological polar surface area (TPSA) is 86.3 Å². The van der Waals surface area contributed by atoms with Gasteiger partial charge in [-0.05, 0) is 74.9 Å². The van der Waals surface area contributed by atoms with E-state index in [9.17, 15) is 4.79 Å². The second-order valence-corrected chi connectivity index (χ2v) is 5.64. The van der Waals surface area contributed by atoms with Crippen LogP contribution in [0.25, 0.3) is 0 Å². The Balaban J connectivity index is 2.09. The highest BCUT2D eigenvalue weighted by molar-refractivity contribution is 6.39. The Labute approximate surface area is 147 Å². The molecule has 2 aromatic carbocycles. The van der Waals surface area contributed by atoms with Gasteiger partial charge in [-0.3, -0.25) is 9.79 Å². The summed E-state index contributed by atoms with van der Waals surface area (Å²) < 4.78 is 5.73. The van der Waals surface area contributed by atoms with Crippen molar-refractivity contribution in [1.29, 1.82) is 10.7 Å². The zero-order valence-electron chi connectivity index (χ0n) is 14.4. The zero-order valence-corrected chi connectivity index (χ0v) is 14.4. The molecule has 1 unspecified atom stereocenters. The molecular formula is C20H19N3O2. The average molecular weight is 333 g/mol. The second-order valence-electron chi connectivity index (χ2n) is 5.64. The van der Waals surface area contributed by atoms with Crippen molar-refractivity contribution < 1.29 is 9.53 Å². The summed E-state index contributed by atoms with van der Waals surface area (Å²) in [6.45, 7) is 4.99. The van der Waals surface area contributed by atoms with Gasteiger partial charge in [0.1, 0.15) is 17.5 Å². The first-order valence-electron chi connectivity index (χ1n) is 7.83. The van der Waals surface area contributed by atoms with E-state index in [1.807, 2.05) is 31.2 Å². The zero-order chi connectivity index (χ0) is 18.4. The SMILES string of the molecule is CC(=N)C(=O)C(C)N=C(C)c1ccc(Oc2ccc(C#N)cc2)cc1. The van der Waals surface area contributed by atoms with Crippen molar-refractivity contribution in [2.75, 3.05) is 0 Å². The number of rotatable bonds is 6. The van der Waals surface area contributed by atoms with Crippen LogP contribution in [0.2, 0.25) is 0 Å². The number of Topliss-reactive ketones (excluding diaryl/α,β-unsaturated/α-hetero) is 1. The molecule has 0 fully saturated rings. The molecule has 2 rings (SSSR count). The number of carbonyl (C=O) groups is 1. The van der Waals surface area contributed by atoms with Gasteiger partial charge in [0.05, 0.1) is 17.3 Å². The van der Waals surface area contributed by atoms with Gasteiger partial charge in [-0.25, -0.2) is 0 Å². The van der Waals surface area contributed by atoms with E-state index in [1.165, 1.54) is 6.92 Å². The summed E-state index contributed by atoms with van der Waals surface area (Å²) in [6, 6.07) is 15.8. The molecule has 0 aliphatic heterocycles. The van der Waals surface area contributed by atoms with Gasteiger partial charge in [-0.1, -0.05) is 0 Å². The molecule has 0 aliphatic rings. The van der Waals surface area contributed by atoms with Crippen LogP contribution in [-0.4, -0.2) is 23.2 Å². The van der Waals surface area contributed by atoms with Crippen LogP contribution in [0.1, 0.15) is 31.9 Å². The first-order valence-corrected chi connectivity index (χ1v) is 7.83. The number of aliphatic imine (C=N–C) groups is 1. The van der Waals surface area contributed by atoms with Crippen LogP contribution >= 0.6 is 0 Å².